The third-order valence-electron chi connectivity index (χ3n) is 0. The van der Waals surface area contributed by atoms with Gasteiger partial charge in [-0.3, -0.25) is 0 Å². The second-order valence-electron chi connectivity index (χ2n) is 0.340. The minimum atomic E-state index is 0. The van der Waals surface area contributed by atoms with Crippen LogP contribution in [0.2, 0.25) is 0 Å². The fourth-order valence-corrected chi connectivity index (χ4v) is 0. The van der Waals surface area contributed by atoms with Gasteiger partial charge in [-0.15, -0.1) is 0 Å². The Balaban J connectivity index is -0.0000000143. The Hall–Kier alpha value is 0.881. The van der Waals surface area contributed by atoms with Crippen LogP contribution >= 0.6 is 0 Å². The molecular weight excluding hydrogens is 602 g/mol. The summed E-state index contributed by atoms with van der Waals surface area (Å²) in [5.74, 6) is 0. The molecule has 0 unspecified atom stereocenters. The van der Waals surface area contributed by atoms with Gasteiger partial charge in [0.05, 0.1) is 0 Å². The predicted molar refractivity (Wildman–Crippen MR) is 5.42 cm³/mol. The van der Waals surface area contributed by atoms with Crippen molar-refractivity contribution in [3.63, 3.8) is 0 Å². The summed E-state index contributed by atoms with van der Waals surface area (Å²) in [5, 5.41) is 87.5. The van der Waals surface area contributed by atoms with Gasteiger partial charge in [-0.2, -0.15) is 0 Å². The van der Waals surface area contributed by atoms with E-state index in [1.165, 1.54) is 0 Å². The Kier molecular flexibility index (Phi) is 312. The molecule has 0 aromatic rings. The van der Waals surface area contributed by atoms with Crippen LogP contribution in [-0.2, 0) is 70.0 Å². The number of hydrogen-bond acceptors (Lipinski definition) is 15. The van der Waals surface area contributed by atoms with E-state index in [0.29, 0.717) is 0 Å². The van der Waals surface area contributed by atoms with E-state index in [0.717, 1.165) is 0 Å². The molecule has 0 bridgehead atoms. The molecule has 0 N–H and O–H groups in total. The molecule has 0 fully saturated rings. The number of rotatable bonds is 0. The summed E-state index contributed by atoms with van der Waals surface area (Å²) in [6.07, 6.45) is 0. The quantitative estimate of drug-likeness (QED) is 0.184. The average Bonchev–Trinajstić information content (AvgIpc) is 2.09. The summed E-state index contributed by atoms with van der Waals surface area (Å²) < 4.78 is 0. The monoisotopic (exact) mass is 602 g/mol. The summed E-state index contributed by atoms with van der Waals surface area (Å²) in [6.45, 7) is 0. The zero-order valence-corrected chi connectivity index (χ0v) is 13.4. The summed E-state index contributed by atoms with van der Waals surface area (Å²) in [7, 11) is 0. The smallest absolute Gasteiger partial charge is 0.734 e. The van der Waals surface area contributed by atoms with E-state index in [4.69, 9.17) is 52.6 Å². The SMILES string of the molecule is [O-]O[O-].[O-]O[O-].[O-]O[O-].[O-]O[O-].[O-]O[O-].[Ta+5].[Ta+5]. The Morgan fingerprint density at radius 3 is 0.294 bits per heavy atom. The zero-order valence-electron chi connectivity index (χ0n) is 7.02. The van der Waals surface area contributed by atoms with Gasteiger partial charge in [0.1, 0.15) is 0 Å². The zero-order chi connectivity index (χ0) is 13.5. The van der Waals surface area contributed by atoms with Crippen molar-refractivity contribution >= 4 is 0 Å². The summed E-state index contributed by atoms with van der Waals surface area (Å²) >= 11 is 0. The Morgan fingerprint density at radius 1 is 0.294 bits per heavy atom. The van der Waals surface area contributed by atoms with Gasteiger partial charge in [0.25, 0.3) is 0 Å². The first-order valence-electron chi connectivity index (χ1n) is 1.67. The van der Waals surface area contributed by atoms with Crippen molar-refractivity contribution in [1.29, 1.82) is 0 Å². The summed E-state index contributed by atoms with van der Waals surface area (Å²) in [4.78, 5) is 0. The molecule has 0 aliphatic carbocycles. The molecule has 0 aliphatic heterocycles. The van der Waals surface area contributed by atoms with Gasteiger partial charge in [0.2, 0.25) is 0 Å². The predicted octanol–water partition coefficient (Wildman–Crippen LogP) is -12.2. The van der Waals surface area contributed by atoms with Crippen molar-refractivity contribution in [3.05, 3.63) is 0 Å². The third-order valence-corrected chi connectivity index (χ3v) is 0. The molecule has 0 spiro atoms. The van der Waals surface area contributed by atoms with Gasteiger partial charge >= 0.3 is 44.8 Å². The minimum absolute atomic E-state index is 0. The van der Waals surface area contributed by atoms with Crippen LogP contribution in [0.3, 0.4) is 0 Å². The van der Waals surface area contributed by atoms with E-state index in [1.54, 1.807) is 25.2 Å². The first-order chi connectivity index (χ1) is 7.07. The Labute approximate surface area is 122 Å². The van der Waals surface area contributed by atoms with Gasteiger partial charge in [0, 0.05) is 0 Å². The van der Waals surface area contributed by atoms with Crippen LogP contribution in [0.25, 0.3) is 0 Å². The van der Waals surface area contributed by atoms with Gasteiger partial charge in [0.15, 0.2) is 0 Å². The molecule has 17 heavy (non-hydrogen) atoms. The van der Waals surface area contributed by atoms with Gasteiger partial charge < -0.3 is 77.8 Å². The van der Waals surface area contributed by atoms with Crippen LogP contribution in [0, 0.1) is 0 Å². The molecule has 17 heteroatoms. The van der Waals surface area contributed by atoms with Crippen LogP contribution in [-0.4, -0.2) is 0 Å². The molecule has 0 radical (unpaired) electrons. The van der Waals surface area contributed by atoms with Gasteiger partial charge in [-0.25, -0.2) is 0 Å². The maximum atomic E-state index is 7.88. The molecule has 0 aliphatic rings. The van der Waals surface area contributed by atoms with Crippen LogP contribution in [0.15, 0.2) is 0 Å². The number of hydrogen-bond donors (Lipinski definition) is 0. The largest absolute Gasteiger partial charge is 5.00 e. The topological polar surface area (TPSA) is 277 Å². The molecule has 0 rings (SSSR count). The third kappa shape index (κ3) is 4820. The van der Waals surface area contributed by atoms with Gasteiger partial charge in [-0.1, -0.05) is 0 Å². The maximum Gasteiger partial charge on any atom is 5.00 e. The van der Waals surface area contributed by atoms with Crippen molar-refractivity contribution in [2.75, 3.05) is 0 Å². The summed E-state index contributed by atoms with van der Waals surface area (Å²) in [6, 6.07) is 0. The van der Waals surface area contributed by atoms with E-state index in [-0.39, 0.29) is 44.8 Å². The molecule has 0 saturated heterocycles. The van der Waals surface area contributed by atoms with Crippen molar-refractivity contribution in [2.45, 2.75) is 0 Å². The first-order valence-corrected chi connectivity index (χ1v) is 1.67. The van der Waals surface area contributed by atoms with E-state index < -0.39 is 0 Å². The molecule has 0 amide bonds. The molecule has 100 valence electrons. The molecule has 0 heterocycles. The van der Waals surface area contributed by atoms with Crippen LogP contribution < -0.4 is 52.6 Å². The molecular formula is O15Ta2. The van der Waals surface area contributed by atoms with E-state index >= 15 is 0 Å². The average molecular weight is 602 g/mol. The maximum absolute atomic E-state index is 7.88. The molecule has 0 saturated carbocycles. The molecule has 0 aromatic carbocycles. The molecule has 0 atom stereocenters. The molecule has 0 aromatic heterocycles. The van der Waals surface area contributed by atoms with Crippen LogP contribution in [0.1, 0.15) is 0 Å². The second-order valence-corrected chi connectivity index (χ2v) is 0.340. The fourth-order valence-electron chi connectivity index (χ4n) is 0. The normalized spacial score (nSPS) is 5.29. The Morgan fingerprint density at radius 2 is 0.294 bits per heavy atom. The van der Waals surface area contributed by atoms with E-state index in [9.17, 15) is 0 Å². The molecule has 15 nitrogen and oxygen atoms in total. The van der Waals surface area contributed by atoms with Crippen molar-refractivity contribution < 1.29 is 123 Å². The van der Waals surface area contributed by atoms with Crippen molar-refractivity contribution in [3.8, 4) is 0 Å². The minimum Gasteiger partial charge on any atom is -0.734 e. The first kappa shape index (κ1) is 43.0. The van der Waals surface area contributed by atoms with Crippen LogP contribution in [0.5, 0.6) is 0 Å². The fraction of sp³-hybridized carbons (Fsp3) is 0. The Bertz CT molecular complexity index is 20.5. The van der Waals surface area contributed by atoms with Crippen LogP contribution in [0.4, 0.5) is 0 Å². The standard InChI is InChI=1S/5H2O3.2Ta/c5*1-3-2;;/h5*1-2H;;/q;;;;;2*+5/p-10. The van der Waals surface area contributed by atoms with E-state index in [2.05, 4.69) is 0 Å². The summed E-state index contributed by atoms with van der Waals surface area (Å²) in [5.41, 5.74) is 0. The second kappa shape index (κ2) is 123. The van der Waals surface area contributed by atoms with E-state index in [1.807, 2.05) is 0 Å². The van der Waals surface area contributed by atoms with Crippen molar-refractivity contribution in [1.82, 2.24) is 0 Å². The van der Waals surface area contributed by atoms with Gasteiger partial charge in [-0.05, 0) is 0 Å². The van der Waals surface area contributed by atoms with Crippen molar-refractivity contribution in [2.24, 2.45) is 0 Å².